The van der Waals surface area contributed by atoms with E-state index in [4.69, 9.17) is 0 Å². The molecular formula is C34H39O5P. The molecule has 1 atom stereocenters. The van der Waals surface area contributed by atoms with E-state index in [-0.39, 0.29) is 28.9 Å². The van der Waals surface area contributed by atoms with Crippen LogP contribution in [0.15, 0.2) is 42.5 Å². The molecule has 3 aromatic rings. The molecule has 0 heterocycles. The summed E-state index contributed by atoms with van der Waals surface area (Å²) in [5.41, 5.74) is 4.53. The molecule has 3 aromatic carbocycles. The smallest absolute Gasteiger partial charge is 0.248 e. The molecule has 0 N–H and O–H groups in total. The Balaban J connectivity index is 2.21. The van der Waals surface area contributed by atoms with E-state index in [9.17, 15) is 19.2 Å². The molecule has 0 bridgehead atoms. The molecule has 0 fully saturated rings. The van der Waals surface area contributed by atoms with Gasteiger partial charge in [-0.05, 0) is 107 Å². The summed E-state index contributed by atoms with van der Waals surface area (Å²) in [5, 5.41) is 0.179. The van der Waals surface area contributed by atoms with Crippen molar-refractivity contribution in [3.63, 3.8) is 0 Å². The fourth-order valence-corrected chi connectivity index (χ4v) is 8.18. The number of unbranched alkanes of at least 4 members (excludes halogenated alkanes) is 1. The molecule has 6 heteroatoms. The molecule has 3 rings (SSSR count). The van der Waals surface area contributed by atoms with E-state index in [0.717, 1.165) is 16.7 Å². The van der Waals surface area contributed by atoms with Gasteiger partial charge in [0.05, 0.1) is 0 Å². The fraction of sp³-hybridized carbons (Fsp3) is 0.353. The number of aryl methyl sites for hydroxylation is 4. The first-order valence-corrected chi connectivity index (χ1v) is 15.4. The predicted molar refractivity (Wildman–Crippen MR) is 162 cm³/mol. The highest BCUT2D eigenvalue weighted by Gasteiger charge is 2.45. The number of rotatable bonds is 11. The van der Waals surface area contributed by atoms with E-state index in [1.54, 1.807) is 57.2 Å². The quantitative estimate of drug-likeness (QED) is 0.136. The van der Waals surface area contributed by atoms with E-state index in [2.05, 4.69) is 0 Å². The van der Waals surface area contributed by atoms with Crippen molar-refractivity contribution in [1.29, 1.82) is 0 Å². The third-order valence-corrected chi connectivity index (χ3v) is 10.5. The molecule has 0 aliphatic rings. The summed E-state index contributed by atoms with van der Waals surface area (Å²) < 4.78 is 15.0. The molecule has 0 saturated carbocycles. The first kappa shape index (κ1) is 31.1. The van der Waals surface area contributed by atoms with E-state index in [1.165, 1.54) is 6.92 Å². The molecule has 40 heavy (non-hydrogen) atoms. The third kappa shape index (κ3) is 5.86. The highest BCUT2D eigenvalue weighted by Crippen LogP contribution is 2.53. The van der Waals surface area contributed by atoms with Gasteiger partial charge in [-0.25, -0.2) is 0 Å². The van der Waals surface area contributed by atoms with Crippen molar-refractivity contribution in [1.82, 2.24) is 0 Å². The second kappa shape index (κ2) is 12.4. The maximum absolute atomic E-state index is 15.0. The van der Waals surface area contributed by atoms with Crippen LogP contribution in [0, 0.1) is 48.5 Å². The van der Waals surface area contributed by atoms with Gasteiger partial charge in [-0.1, -0.05) is 42.5 Å². The lowest BCUT2D eigenvalue weighted by atomic mass is 9.90. The summed E-state index contributed by atoms with van der Waals surface area (Å²) in [6.07, 6.45) is 1.83. The van der Waals surface area contributed by atoms with Crippen LogP contribution in [0.25, 0.3) is 0 Å². The molecule has 210 valence electrons. The van der Waals surface area contributed by atoms with Gasteiger partial charge in [-0.15, -0.1) is 0 Å². The first-order valence-electron chi connectivity index (χ1n) is 13.7. The Morgan fingerprint density at radius 3 is 1.62 bits per heavy atom. The van der Waals surface area contributed by atoms with Crippen LogP contribution in [-0.2, 0) is 9.36 Å². The zero-order valence-electron chi connectivity index (χ0n) is 24.9. The minimum Gasteiger partial charge on any atom is -0.302 e. The van der Waals surface area contributed by atoms with Gasteiger partial charge in [-0.3, -0.25) is 14.4 Å². The minimum absolute atomic E-state index is 0.0820. The van der Waals surface area contributed by atoms with Gasteiger partial charge in [0.2, 0.25) is 18.2 Å². The Kier molecular flexibility index (Phi) is 9.64. The summed E-state index contributed by atoms with van der Waals surface area (Å²) in [4.78, 5) is 53.4. The van der Waals surface area contributed by atoms with Gasteiger partial charge in [0, 0.05) is 34.8 Å². The minimum atomic E-state index is -4.37. The Bertz CT molecular complexity index is 1560. The van der Waals surface area contributed by atoms with Gasteiger partial charge in [0.15, 0.2) is 5.78 Å². The number of carbonyl (C=O) groups excluding carboxylic acids is 4. The highest BCUT2D eigenvalue weighted by molar-refractivity contribution is 8.01. The molecule has 5 nitrogen and oxygen atoms in total. The zero-order valence-corrected chi connectivity index (χ0v) is 25.8. The van der Waals surface area contributed by atoms with Gasteiger partial charge in [-0.2, -0.15) is 0 Å². The average molecular weight is 559 g/mol. The maximum Gasteiger partial charge on any atom is 0.248 e. The number of hydrogen-bond donors (Lipinski definition) is 0. The van der Waals surface area contributed by atoms with Crippen molar-refractivity contribution in [3.8, 4) is 0 Å². The third-order valence-electron chi connectivity index (χ3n) is 7.91. The largest absolute Gasteiger partial charge is 0.302 e. The monoisotopic (exact) mass is 558 g/mol. The molecule has 0 radical (unpaired) electrons. The molecule has 0 aromatic heterocycles. The van der Waals surface area contributed by atoms with Crippen molar-refractivity contribution in [2.75, 3.05) is 0 Å². The second-order valence-electron chi connectivity index (χ2n) is 10.9. The maximum atomic E-state index is 15.0. The number of hydrogen-bond acceptors (Lipinski definition) is 5. The van der Waals surface area contributed by atoms with E-state index < -0.39 is 18.2 Å². The molecule has 0 aliphatic heterocycles. The lowest BCUT2D eigenvalue weighted by molar-refractivity contribution is -0.117. The van der Waals surface area contributed by atoms with Gasteiger partial charge in [0.25, 0.3) is 0 Å². The molecule has 1 unspecified atom stereocenters. The van der Waals surface area contributed by atoms with E-state index in [1.807, 2.05) is 33.8 Å². The summed E-state index contributed by atoms with van der Waals surface area (Å²) in [7, 11) is -4.37. The van der Waals surface area contributed by atoms with Crippen LogP contribution in [0.5, 0.6) is 0 Å². The number of carbonyl (C=O) groups is 4. The summed E-state index contributed by atoms with van der Waals surface area (Å²) >= 11 is 0. The van der Waals surface area contributed by atoms with Crippen LogP contribution >= 0.6 is 7.14 Å². The van der Waals surface area contributed by atoms with E-state index >= 15 is 4.57 Å². The second-order valence-corrected chi connectivity index (χ2v) is 13.5. The molecular weight excluding hydrogens is 519 g/mol. The molecule has 0 amide bonds. The standard InChI is InChI=1S/C34H39O5P/c1-20-18-22(3)31(26(7)25(20)6)33(37)40(39,28-15-10-9-11-16-28)34(38)32-23(4)19-21(2)30(27(32)8)29(36)17-13-12-14-24(5)35/h9-11,15-16,18-19H,12-14,17H2,1-8H3. The SMILES string of the molecule is CC(=O)CCCCC(=O)c1c(C)cc(C)c(C(=O)P(=O)(C(=O)c2c(C)cc(C)c(C)c2C)c2ccccc2)c1C. The number of ketones is 2. The topological polar surface area (TPSA) is 85.3 Å². The van der Waals surface area contributed by atoms with Gasteiger partial charge >= 0.3 is 0 Å². The van der Waals surface area contributed by atoms with E-state index in [0.29, 0.717) is 52.6 Å². The number of benzene rings is 3. The summed E-state index contributed by atoms with van der Waals surface area (Å²) in [5.74, 6) is -0.0482. The predicted octanol–water partition coefficient (Wildman–Crippen LogP) is 7.85. The van der Waals surface area contributed by atoms with Crippen LogP contribution in [0.3, 0.4) is 0 Å². The normalized spacial score (nSPS) is 12.6. The Morgan fingerprint density at radius 1 is 0.600 bits per heavy atom. The zero-order chi connectivity index (χ0) is 29.9. The highest BCUT2D eigenvalue weighted by atomic mass is 31.2. The van der Waals surface area contributed by atoms with Crippen LogP contribution in [-0.4, -0.2) is 22.6 Å². The Hall–Kier alpha value is -3.43. The molecule has 0 spiro atoms. The van der Waals surface area contributed by atoms with Gasteiger partial charge < -0.3 is 9.36 Å². The van der Waals surface area contributed by atoms with Crippen molar-refractivity contribution in [2.45, 2.75) is 81.1 Å². The Labute approximate surface area is 237 Å². The Morgan fingerprint density at radius 2 is 1.07 bits per heavy atom. The number of Topliss-reactive ketones (excluding diaryl/α,β-unsaturated/α-hetero) is 2. The van der Waals surface area contributed by atoms with Crippen molar-refractivity contribution < 1.29 is 23.7 Å². The lowest BCUT2D eigenvalue weighted by Gasteiger charge is -2.23. The summed E-state index contributed by atoms with van der Waals surface area (Å²) in [6.45, 7) is 14.3. The van der Waals surface area contributed by atoms with Crippen LogP contribution < -0.4 is 5.30 Å². The summed E-state index contributed by atoms with van der Waals surface area (Å²) in [6, 6.07) is 11.9. The van der Waals surface area contributed by atoms with Crippen LogP contribution in [0.1, 0.15) is 103 Å². The first-order chi connectivity index (χ1) is 18.7. The average Bonchev–Trinajstić information content (AvgIpc) is 2.89. The fourth-order valence-electron chi connectivity index (χ4n) is 5.62. The van der Waals surface area contributed by atoms with Crippen LogP contribution in [0.4, 0.5) is 0 Å². The van der Waals surface area contributed by atoms with Crippen molar-refractivity contribution in [3.05, 3.63) is 98.1 Å². The van der Waals surface area contributed by atoms with Crippen LogP contribution in [0.2, 0.25) is 0 Å². The molecule has 0 saturated heterocycles. The lowest BCUT2D eigenvalue weighted by Crippen LogP contribution is -2.24. The molecule has 0 aliphatic carbocycles. The van der Waals surface area contributed by atoms with Crippen molar-refractivity contribution in [2.24, 2.45) is 0 Å². The van der Waals surface area contributed by atoms with Crippen molar-refractivity contribution >= 4 is 35.1 Å². The van der Waals surface area contributed by atoms with Gasteiger partial charge in [0.1, 0.15) is 5.78 Å².